The average Bonchev–Trinajstić information content (AvgIpc) is 2.63. The molecule has 0 rings (SSSR count). The maximum Gasteiger partial charge on any atom is 0.305 e. The van der Waals surface area contributed by atoms with Crippen molar-refractivity contribution < 1.29 is 19.1 Å². The summed E-state index contributed by atoms with van der Waals surface area (Å²) in [5.74, 6) is -0.440. The highest BCUT2D eigenvalue weighted by atomic mass is 16.5. The van der Waals surface area contributed by atoms with Gasteiger partial charge in [-0.05, 0) is 25.7 Å². The molecule has 0 aromatic heterocycles. The minimum Gasteiger partial charge on any atom is -0.466 e. The number of carbonyl (C=O) groups is 2. The quantitative estimate of drug-likeness (QED) is 0.166. The largest absolute Gasteiger partial charge is 0.466 e. The molecule has 0 saturated heterocycles. The van der Waals surface area contributed by atoms with E-state index in [1.165, 1.54) is 44.9 Å². The van der Waals surface area contributed by atoms with E-state index >= 15 is 0 Å². The predicted molar refractivity (Wildman–Crippen MR) is 107 cm³/mol. The molecule has 0 bridgehead atoms. The van der Waals surface area contributed by atoms with Crippen molar-refractivity contribution in [3.63, 3.8) is 0 Å². The van der Waals surface area contributed by atoms with Gasteiger partial charge in [0.05, 0.1) is 13.2 Å². The summed E-state index contributed by atoms with van der Waals surface area (Å²) >= 11 is 0. The summed E-state index contributed by atoms with van der Waals surface area (Å²) in [6.07, 6.45) is 18.1. The third-order valence-corrected chi connectivity index (χ3v) is 4.22. The highest BCUT2D eigenvalue weighted by Gasteiger charge is 2.07. The molecule has 0 fully saturated rings. The molecule has 0 spiro atoms. The van der Waals surface area contributed by atoms with E-state index in [2.05, 4.69) is 19.9 Å². The fourth-order valence-corrected chi connectivity index (χ4v) is 2.65. The van der Waals surface area contributed by atoms with E-state index in [4.69, 9.17) is 9.47 Å². The number of hydrogen-bond donors (Lipinski definition) is 0. The zero-order valence-corrected chi connectivity index (χ0v) is 17.1. The standard InChI is InChI=1S/C22H40O4/c1-3-5-7-9-10-11-12-13-15-20-26-22(24)18-16-17-21(23)25-19-14-8-6-4-2/h6,8H,3-5,7,9-20H2,1-2H3/b8-6-. The minimum absolute atomic E-state index is 0.205. The molecule has 0 aromatic carbocycles. The second kappa shape index (κ2) is 20.0. The van der Waals surface area contributed by atoms with E-state index in [0.717, 1.165) is 25.7 Å². The highest BCUT2D eigenvalue weighted by Crippen LogP contribution is 2.09. The van der Waals surface area contributed by atoms with Gasteiger partial charge >= 0.3 is 11.9 Å². The molecule has 0 unspecified atom stereocenters. The van der Waals surface area contributed by atoms with E-state index in [1.807, 2.05) is 6.08 Å². The lowest BCUT2D eigenvalue weighted by Crippen LogP contribution is -2.09. The summed E-state index contributed by atoms with van der Waals surface area (Å²) in [6.45, 7) is 5.22. The molecule has 4 nitrogen and oxygen atoms in total. The molecule has 0 aromatic rings. The van der Waals surface area contributed by atoms with Crippen LogP contribution in [0.2, 0.25) is 0 Å². The Balaban J connectivity index is 3.33. The van der Waals surface area contributed by atoms with E-state index in [9.17, 15) is 9.59 Å². The molecular weight excluding hydrogens is 328 g/mol. The van der Waals surface area contributed by atoms with Crippen molar-refractivity contribution in [2.24, 2.45) is 0 Å². The number of rotatable bonds is 18. The molecule has 0 N–H and O–H groups in total. The molecule has 0 aliphatic rings. The average molecular weight is 369 g/mol. The van der Waals surface area contributed by atoms with Gasteiger partial charge < -0.3 is 9.47 Å². The summed E-state index contributed by atoms with van der Waals surface area (Å²) in [6, 6.07) is 0. The Morgan fingerprint density at radius 1 is 0.654 bits per heavy atom. The van der Waals surface area contributed by atoms with Crippen LogP contribution >= 0.6 is 0 Å². The van der Waals surface area contributed by atoms with Gasteiger partial charge in [0.1, 0.15) is 0 Å². The van der Waals surface area contributed by atoms with Gasteiger partial charge in [-0.15, -0.1) is 0 Å². The van der Waals surface area contributed by atoms with Crippen LogP contribution < -0.4 is 0 Å². The summed E-state index contributed by atoms with van der Waals surface area (Å²) < 4.78 is 10.3. The zero-order chi connectivity index (χ0) is 19.3. The zero-order valence-electron chi connectivity index (χ0n) is 17.1. The van der Waals surface area contributed by atoms with Gasteiger partial charge in [0.25, 0.3) is 0 Å². The van der Waals surface area contributed by atoms with Crippen LogP contribution in [0.15, 0.2) is 12.2 Å². The number of esters is 2. The van der Waals surface area contributed by atoms with Gasteiger partial charge in [-0.2, -0.15) is 0 Å². The first-order chi connectivity index (χ1) is 12.7. The Morgan fingerprint density at radius 2 is 1.19 bits per heavy atom. The number of ether oxygens (including phenoxy) is 2. The fraction of sp³-hybridized carbons (Fsp3) is 0.818. The van der Waals surface area contributed by atoms with Gasteiger partial charge in [-0.3, -0.25) is 9.59 Å². The smallest absolute Gasteiger partial charge is 0.305 e. The number of allylic oxidation sites excluding steroid dienone is 1. The van der Waals surface area contributed by atoms with Crippen LogP contribution in [-0.4, -0.2) is 25.2 Å². The number of hydrogen-bond acceptors (Lipinski definition) is 4. The van der Waals surface area contributed by atoms with Crippen LogP contribution in [0.1, 0.15) is 104 Å². The molecule has 0 amide bonds. The topological polar surface area (TPSA) is 52.6 Å². The third kappa shape index (κ3) is 19.0. The van der Waals surface area contributed by atoms with Gasteiger partial charge in [0.15, 0.2) is 0 Å². The predicted octanol–water partition coefficient (Wildman–Crippen LogP) is 6.13. The summed E-state index contributed by atoms with van der Waals surface area (Å²) in [4.78, 5) is 23.1. The van der Waals surface area contributed by atoms with E-state index < -0.39 is 0 Å². The molecule has 0 atom stereocenters. The Labute approximate surface area is 160 Å². The molecule has 0 aliphatic carbocycles. The van der Waals surface area contributed by atoms with Crippen LogP contribution in [-0.2, 0) is 19.1 Å². The Bertz CT molecular complexity index is 363. The summed E-state index contributed by atoms with van der Waals surface area (Å²) in [5, 5.41) is 0. The Morgan fingerprint density at radius 3 is 1.77 bits per heavy atom. The second-order valence-corrected chi connectivity index (χ2v) is 6.79. The first kappa shape index (κ1) is 24.7. The molecule has 26 heavy (non-hydrogen) atoms. The van der Waals surface area contributed by atoms with Crippen molar-refractivity contribution in [2.75, 3.05) is 13.2 Å². The lowest BCUT2D eigenvalue weighted by Gasteiger charge is -2.05. The van der Waals surface area contributed by atoms with Crippen LogP contribution in [0.5, 0.6) is 0 Å². The fourth-order valence-electron chi connectivity index (χ4n) is 2.65. The highest BCUT2D eigenvalue weighted by molar-refractivity contribution is 5.72. The van der Waals surface area contributed by atoms with Gasteiger partial charge in [0.2, 0.25) is 0 Å². The summed E-state index contributed by atoms with van der Waals surface area (Å²) in [7, 11) is 0. The Kier molecular flexibility index (Phi) is 19.0. The van der Waals surface area contributed by atoms with Crippen LogP contribution in [0.25, 0.3) is 0 Å². The van der Waals surface area contributed by atoms with E-state index in [-0.39, 0.29) is 18.4 Å². The van der Waals surface area contributed by atoms with Crippen molar-refractivity contribution in [1.29, 1.82) is 0 Å². The van der Waals surface area contributed by atoms with E-state index in [1.54, 1.807) is 0 Å². The molecule has 0 heterocycles. The van der Waals surface area contributed by atoms with E-state index in [0.29, 0.717) is 26.1 Å². The minimum atomic E-state index is -0.235. The molecule has 4 heteroatoms. The summed E-state index contributed by atoms with van der Waals surface area (Å²) in [5.41, 5.74) is 0. The SMILES string of the molecule is CC/C=C\CCOC(=O)CCCC(=O)OCCCCCCCCCCC. The second-order valence-electron chi connectivity index (χ2n) is 6.79. The number of unbranched alkanes of at least 4 members (excludes halogenated alkanes) is 8. The van der Waals surface area contributed by atoms with Gasteiger partial charge in [0, 0.05) is 12.8 Å². The van der Waals surface area contributed by atoms with Crippen LogP contribution in [0.3, 0.4) is 0 Å². The molecule has 0 aliphatic heterocycles. The normalized spacial score (nSPS) is 11.0. The van der Waals surface area contributed by atoms with Crippen molar-refractivity contribution in [2.45, 2.75) is 104 Å². The lowest BCUT2D eigenvalue weighted by molar-refractivity contribution is -0.145. The lowest BCUT2D eigenvalue weighted by atomic mass is 10.1. The maximum absolute atomic E-state index is 11.6. The molecule has 152 valence electrons. The van der Waals surface area contributed by atoms with Crippen molar-refractivity contribution >= 4 is 11.9 Å². The molecule has 0 radical (unpaired) electrons. The third-order valence-electron chi connectivity index (χ3n) is 4.22. The van der Waals surface area contributed by atoms with Crippen LogP contribution in [0, 0.1) is 0 Å². The number of carbonyl (C=O) groups excluding carboxylic acids is 2. The van der Waals surface area contributed by atoms with Gasteiger partial charge in [-0.1, -0.05) is 77.4 Å². The van der Waals surface area contributed by atoms with Crippen LogP contribution in [0.4, 0.5) is 0 Å². The Hall–Kier alpha value is -1.32. The molecule has 0 saturated carbocycles. The first-order valence-electron chi connectivity index (χ1n) is 10.7. The van der Waals surface area contributed by atoms with Crippen molar-refractivity contribution in [3.05, 3.63) is 12.2 Å². The van der Waals surface area contributed by atoms with Crippen molar-refractivity contribution in [1.82, 2.24) is 0 Å². The maximum atomic E-state index is 11.6. The first-order valence-corrected chi connectivity index (χ1v) is 10.7. The monoisotopic (exact) mass is 368 g/mol. The van der Waals surface area contributed by atoms with Gasteiger partial charge in [-0.25, -0.2) is 0 Å². The van der Waals surface area contributed by atoms with Crippen molar-refractivity contribution in [3.8, 4) is 0 Å². The molecular formula is C22H40O4.